The highest BCUT2D eigenvalue weighted by Crippen LogP contribution is 2.40. The first kappa shape index (κ1) is 24.3. The third-order valence-corrected chi connectivity index (χ3v) is 9.00. The minimum atomic E-state index is 0.844. The van der Waals surface area contributed by atoms with E-state index in [-0.39, 0.29) is 0 Å². The zero-order chi connectivity index (χ0) is 29.5. The molecule has 0 aliphatic rings. The van der Waals surface area contributed by atoms with Crippen molar-refractivity contribution in [3.63, 3.8) is 0 Å². The molecule has 0 bridgehead atoms. The highest BCUT2D eigenvalue weighted by atomic mass is 16.3. The summed E-state index contributed by atoms with van der Waals surface area (Å²) in [5.41, 5.74) is 9.71. The van der Waals surface area contributed by atoms with Crippen LogP contribution in [0, 0.1) is 0 Å². The zero-order valence-electron chi connectivity index (χ0n) is 24.1. The molecule has 0 atom stereocenters. The molecule has 0 radical (unpaired) electrons. The molecule has 4 heterocycles. The van der Waals surface area contributed by atoms with E-state index in [4.69, 9.17) is 13.8 Å². The van der Waals surface area contributed by atoms with Gasteiger partial charge in [0, 0.05) is 37.9 Å². The number of benzene rings is 6. The number of para-hydroxylation sites is 4. The Morgan fingerprint density at radius 1 is 0.422 bits per heavy atom. The van der Waals surface area contributed by atoms with Gasteiger partial charge in [0.05, 0.1) is 16.7 Å². The van der Waals surface area contributed by atoms with Crippen LogP contribution in [0.5, 0.6) is 0 Å². The molecule has 4 aromatic heterocycles. The second kappa shape index (κ2) is 9.18. The first-order chi connectivity index (χ1) is 22.3. The fourth-order valence-electron chi connectivity index (χ4n) is 6.95. The fourth-order valence-corrected chi connectivity index (χ4v) is 6.95. The molecule has 0 aliphatic carbocycles. The number of pyridine rings is 1. The zero-order valence-corrected chi connectivity index (χ0v) is 24.1. The molecule has 0 aliphatic heterocycles. The van der Waals surface area contributed by atoms with Gasteiger partial charge in [-0.3, -0.25) is 4.57 Å². The van der Waals surface area contributed by atoms with E-state index in [0.717, 1.165) is 93.9 Å². The van der Waals surface area contributed by atoms with E-state index in [0.29, 0.717) is 0 Å². The molecule has 0 amide bonds. The maximum Gasteiger partial charge on any atom is 0.144 e. The monoisotopic (exact) mass is 576 g/mol. The van der Waals surface area contributed by atoms with E-state index in [1.165, 1.54) is 0 Å². The maximum absolute atomic E-state index is 6.48. The number of aromatic nitrogens is 2. The lowest BCUT2D eigenvalue weighted by molar-refractivity contribution is 0.669. The van der Waals surface area contributed by atoms with Crippen molar-refractivity contribution < 1.29 is 8.83 Å². The summed E-state index contributed by atoms with van der Waals surface area (Å²) in [5.74, 6) is 0.845. The van der Waals surface area contributed by atoms with Gasteiger partial charge in [-0.1, -0.05) is 97.1 Å². The standard InChI is InChI=1S/C41H24N2O2/c1-2-11-25(12-3-1)26-21-34(31-17-10-16-30-28-14-5-9-20-38(28)45-41(30)31)42-40(22-26)43-35-18-7-4-13-27(35)32-24-39-33(23-36(32)43)29-15-6-8-19-37(29)44-39/h1-24H. The SMILES string of the molecule is c1ccc(-c2cc(-c3cccc4c3oc3ccccc34)nc(-n3c4ccccc4c4cc5oc6ccccc6c5cc43)c2)cc1. The largest absolute Gasteiger partial charge is 0.456 e. The summed E-state index contributed by atoms with van der Waals surface area (Å²) < 4.78 is 15.1. The molecule has 6 aromatic carbocycles. The predicted molar refractivity (Wildman–Crippen MR) is 184 cm³/mol. The van der Waals surface area contributed by atoms with Crippen LogP contribution in [0.15, 0.2) is 154 Å². The molecule has 4 nitrogen and oxygen atoms in total. The van der Waals surface area contributed by atoms with Crippen LogP contribution < -0.4 is 0 Å². The van der Waals surface area contributed by atoms with Crippen LogP contribution >= 0.6 is 0 Å². The van der Waals surface area contributed by atoms with Crippen molar-refractivity contribution in [3.05, 3.63) is 146 Å². The van der Waals surface area contributed by atoms with Gasteiger partial charge in [0.15, 0.2) is 0 Å². The Labute approximate surface area is 257 Å². The van der Waals surface area contributed by atoms with E-state index >= 15 is 0 Å². The lowest BCUT2D eigenvalue weighted by Gasteiger charge is -2.13. The van der Waals surface area contributed by atoms with Gasteiger partial charge in [-0.15, -0.1) is 0 Å². The lowest BCUT2D eigenvalue weighted by Crippen LogP contribution is -2.00. The maximum atomic E-state index is 6.48. The molecule has 45 heavy (non-hydrogen) atoms. The topological polar surface area (TPSA) is 44.1 Å². The van der Waals surface area contributed by atoms with Crippen LogP contribution in [0.25, 0.3) is 93.9 Å². The average molecular weight is 577 g/mol. The Bertz CT molecular complexity index is 2760. The molecule has 0 saturated heterocycles. The van der Waals surface area contributed by atoms with Gasteiger partial charge in [0.25, 0.3) is 0 Å². The molecule has 10 rings (SSSR count). The van der Waals surface area contributed by atoms with Gasteiger partial charge in [-0.25, -0.2) is 4.98 Å². The summed E-state index contributed by atoms with van der Waals surface area (Å²) in [4.78, 5) is 5.40. The van der Waals surface area contributed by atoms with E-state index in [2.05, 4.69) is 126 Å². The van der Waals surface area contributed by atoms with Crippen LogP contribution in [-0.2, 0) is 0 Å². The van der Waals surface area contributed by atoms with Crippen LogP contribution in [0.4, 0.5) is 0 Å². The van der Waals surface area contributed by atoms with Gasteiger partial charge in [0.2, 0.25) is 0 Å². The summed E-state index contributed by atoms with van der Waals surface area (Å²) in [6.45, 7) is 0. The summed E-state index contributed by atoms with van der Waals surface area (Å²) in [7, 11) is 0. The molecule has 4 heteroatoms. The Balaban J connectivity index is 1.31. The molecule has 210 valence electrons. The van der Waals surface area contributed by atoms with E-state index < -0.39 is 0 Å². The number of furan rings is 2. The Morgan fingerprint density at radius 3 is 1.96 bits per heavy atom. The average Bonchev–Trinajstić information content (AvgIpc) is 3.76. The van der Waals surface area contributed by atoms with Crippen LogP contribution in [0.1, 0.15) is 0 Å². The van der Waals surface area contributed by atoms with Crippen LogP contribution in [0.3, 0.4) is 0 Å². The Kier molecular flexibility index (Phi) is 4.96. The van der Waals surface area contributed by atoms with Crippen LogP contribution in [-0.4, -0.2) is 9.55 Å². The Morgan fingerprint density at radius 2 is 1.11 bits per heavy atom. The van der Waals surface area contributed by atoms with Crippen molar-refractivity contribution in [2.45, 2.75) is 0 Å². The van der Waals surface area contributed by atoms with E-state index in [9.17, 15) is 0 Å². The number of nitrogens with zero attached hydrogens (tertiary/aromatic N) is 2. The van der Waals surface area contributed by atoms with Crippen molar-refractivity contribution in [1.29, 1.82) is 0 Å². The fraction of sp³-hybridized carbons (Fsp3) is 0. The first-order valence-corrected chi connectivity index (χ1v) is 15.1. The number of hydrogen-bond acceptors (Lipinski definition) is 3. The van der Waals surface area contributed by atoms with Crippen LogP contribution in [0.2, 0.25) is 0 Å². The summed E-state index contributed by atoms with van der Waals surface area (Å²) in [5, 5.41) is 6.67. The van der Waals surface area contributed by atoms with Crippen molar-refractivity contribution in [2.75, 3.05) is 0 Å². The van der Waals surface area contributed by atoms with Crippen molar-refractivity contribution >= 4 is 65.7 Å². The molecule has 0 spiro atoms. The third-order valence-electron chi connectivity index (χ3n) is 9.00. The second-order valence-corrected chi connectivity index (χ2v) is 11.6. The quantitative estimate of drug-likeness (QED) is 0.210. The number of hydrogen-bond donors (Lipinski definition) is 0. The van der Waals surface area contributed by atoms with Crippen molar-refractivity contribution in [3.8, 4) is 28.2 Å². The minimum Gasteiger partial charge on any atom is -0.456 e. The Hall–Kier alpha value is -6.13. The van der Waals surface area contributed by atoms with Gasteiger partial charge >= 0.3 is 0 Å². The highest BCUT2D eigenvalue weighted by molar-refractivity contribution is 6.17. The number of fused-ring (bicyclic) bond motifs is 9. The van der Waals surface area contributed by atoms with Gasteiger partial charge < -0.3 is 8.83 Å². The normalized spacial score (nSPS) is 12.0. The van der Waals surface area contributed by atoms with Gasteiger partial charge in [-0.2, -0.15) is 0 Å². The van der Waals surface area contributed by atoms with Crippen molar-refractivity contribution in [1.82, 2.24) is 9.55 Å². The second-order valence-electron chi connectivity index (χ2n) is 11.6. The van der Waals surface area contributed by atoms with Gasteiger partial charge in [-0.05, 0) is 59.7 Å². The summed E-state index contributed by atoms with van der Waals surface area (Å²) in [6.07, 6.45) is 0. The minimum absolute atomic E-state index is 0.844. The summed E-state index contributed by atoms with van der Waals surface area (Å²) in [6, 6.07) is 50.6. The smallest absolute Gasteiger partial charge is 0.144 e. The number of rotatable bonds is 3. The molecule has 10 aromatic rings. The lowest BCUT2D eigenvalue weighted by atomic mass is 10.0. The van der Waals surface area contributed by atoms with E-state index in [1.807, 2.05) is 24.3 Å². The molecule has 0 saturated carbocycles. The van der Waals surface area contributed by atoms with Gasteiger partial charge in [0.1, 0.15) is 28.1 Å². The molecule has 0 fully saturated rings. The van der Waals surface area contributed by atoms with Crippen molar-refractivity contribution in [2.24, 2.45) is 0 Å². The molecule has 0 unspecified atom stereocenters. The van der Waals surface area contributed by atoms with E-state index in [1.54, 1.807) is 0 Å². The summed E-state index contributed by atoms with van der Waals surface area (Å²) >= 11 is 0. The molecule has 0 N–H and O–H groups in total. The third kappa shape index (κ3) is 3.57. The highest BCUT2D eigenvalue weighted by Gasteiger charge is 2.20. The first-order valence-electron chi connectivity index (χ1n) is 15.1. The molecular weight excluding hydrogens is 552 g/mol. The molecular formula is C41H24N2O2. The predicted octanol–water partition coefficient (Wildman–Crippen LogP) is 11.3.